The Balaban J connectivity index is 2.43. The molecule has 1 heterocycles. The number of nitrogens with two attached hydrogens (primary N) is 1. The van der Waals surface area contributed by atoms with Gasteiger partial charge in [-0.05, 0) is 6.92 Å². The number of nitrogens with zero attached hydrogens (tertiary/aromatic N) is 2. The zero-order valence-corrected chi connectivity index (χ0v) is 6.41. The second kappa shape index (κ2) is 3.23. The molecule has 11 heavy (non-hydrogen) atoms. The molecular formula is C6H11N3O2. The number of carbonyl (C=O) groups is 1. The Bertz CT molecular complexity index is 190. The molecule has 0 spiro atoms. The largest absolute Gasteiger partial charge is 0.448 e. The van der Waals surface area contributed by atoms with E-state index in [2.05, 4.69) is 5.10 Å². The average Bonchev–Trinajstić information content (AvgIpc) is 2.36. The molecule has 0 aromatic heterocycles. The van der Waals surface area contributed by atoms with Crippen molar-refractivity contribution in [3.8, 4) is 0 Å². The molecule has 1 aliphatic heterocycles. The third-order valence-corrected chi connectivity index (χ3v) is 1.31. The predicted molar refractivity (Wildman–Crippen MR) is 40.0 cm³/mol. The smallest absolute Gasteiger partial charge is 0.430 e. The van der Waals surface area contributed by atoms with Crippen LogP contribution in [0, 0.1) is 0 Å². The SMILES string of the molecule is CCOC(=O)N1CCC(N)=N1. The maximum Gasteiger partial charge on any atom is 0.430 e. The molecule has 0 bridgehead atoms. The van der Waals surface area contributed by atoms with Gasteiger partial charge in [-0.25, -0.2) is 4.79 Å². The van der Waals surface area contributed by atoms with Crippen LogP contribution in [0.5, 0.6) is 0 Å². The Hall–Kier alpha value is -1.26. The first-order valence-electron chi connectivity index (χ1n) is 3.51. The minimum atomic E-state index is -0.423. The Kier molecular flexibility index (Phi) is 2.30. The van der Waals surface area contributed by atoms with E-state index in [0.717, 1.165) is 0 Å². The van der Waals surface area contributed by atoms with Crippen molar-refractivity contribution >= 4 is 11.9 Å². The number of hydrogen-bond donors (Lipinski definition) is 1. The lowest BCUT2D eigenvalue weighted by molar-refractivity contribution is 0.112. The molecule has 0 fully saturated rings. The summed E-state index contributed by atoms with van der Waals surface area (Å²) in [5, 5.41) is 5.00. The molecule has 1 aliphatic rings. The maximum atomic E-state index is 10.9. The van der Waals surface area contributed by atoms with E-state index in [0.29, 0.717) is 25.4 Å². The highest BCUT2D eigenvalue weighted by Crippen LogP contribution is 2.04. The van der Waals surface area contributed by atoms with Gasteiger partial charge in [-0.3, -0.25) is 0 Å². The number of amidine groups is 1. The molecule has 5 nitrogen and oxygen atoms in total. The lowest BCUT2D eigenvalue weighted by Crippen LogP contribution is -2.24. The normalized spacial score (nSPS) is 16.5. The minimum absolute atomic E-state index is 0.366. The predicted octanol–water partition coefficient (Wildman–Crippen LogP) is 0.121. The molecule has 1 amide bonds. The van der Waals surface area contributed by atoms with Crippen molar-refractivity contribution in [3.63, 3.8) is 0 Å². The van der Waals surface area contributed by atoms with Gasteiger partial charge in [-0.1, -0.05) is 0 Å². The first kappa shape index (κ1) is 7.84. The first-order valence-corrected chi connectivity index (χ1v) is 3.51. The van der Waals surface area contributed by atoms with Crippen LogP contribution in [-0.2, 0) is 4.74 Å². The number of hydrazone groups is 1. The maximum absolute atomic E-state index is 10.9. The summed E-state index contributed by atoms with van der Waals surface area (Å²) in [4.78, 5) is 10.9. The van der Waals surface area contributed by atoms with Gasteiger partial charge in [-0.15, -0.1) is 0 Å². The van der Waals surface area contributed by atoms with E-state index < -0.39 is 6.09 Å². The summed E-state index contributed by atoms with van der Waals surface area (Å²) in [6.45, 7) is 2.65. The molecule has 0 unspecified atom stereocenters. The van der Waals surface area contributed by atoms with Crippen LogP contribution in [0.2, 0.25) is 0 Å². The van der Waals surface area contributed by atoms with Gasteiger partial charge in [0.2, 0.25) is 0 Å². The van der Waals surface area contributed by atoms with Crippen LogP contribution in [-0.4, -0.2) is 30.1 Å². The summed E-state index contributed by atoms with van der Waals surface area (Å²) < 4.78 is 4.70. The van der Waals surface area contributed by atoms with Crippen LogP contribution in [0.25, 0.3) is 0 Å². The monoisotopic (exact) mass is 157 g/mol. The summed E-state index contributed by atoms with van der Waals surface area (Å²) in [6, 6.07) is 0. The summed E-state index contributed by atoms with van der Waals surface area (Å²) >= 11 is 0. The number of ether oxygens (including phenoxy) is 1. The summed E-state index contributed by atoms with van der Waals surface area (Å²) in [7, 11) is 0. The second-order valence-corrected chi connectivity index (χ2v) is 2.16. The number of amides is 1. The molecular weight excluding hydrogens is 146 g/mol. The molecule has 62 valence electrons. The molecule has 0 aliphatic carbocycles. The van der Waals surface area contributed by atoms with Crippen molar-refractivity contribution < 1.29 is 9.53 Å². The average molecular weight is 157 g/mol. The molecule has 0 aromatic rings. The van der Waals surface area contributed by atoms with Gasteiger partial charge in [0.1, 0.15) is 5.84 Å². The third kappa shape index (κ3) is 1.83. The van der Waals surface area contributed by atoms with Gasteiger partial charge in [0.05, 0.1) is 13.2 Å². The zero-order chi connectivity index (χ0) is 8.27. The highest BCUT2D eigenvalue weighted by molar-refractivity contribution is 5.84. The Labute approximate surface area is 64.8 Å². The van der Waals surface area contributed by atoms with Gasteiger partial charge in [-0.2, -0.15) is 10.1 Å². The molecule has 5 heteroatoms. The zero-order valence-electron chi connectivity index (χ0n) is 6.41. The Morgan fingerprint density at radius 1 is 1.91 bits per heavy atom. The van der Waals surface area contributed by atoms with Crippen molar-refractivity contribution in [2.45, 2.75) is 13.3 Å². The van der Waals surface area contributed by atoms with Crippen LogP contribution in [0.4, 0.5) is 4.79 Å². The van der Waals surface area contributed by atoms with E-state index >= 15 is 0 Å². The van der Waals surface area contributed by atoms with E-state index in [-0.39, 0.29) is 0 Å². The summed E-state index contributed by atoms with van der Waals surface area (Å²) in [5.41, 5.74) is 5.36. The lowest BCUT2D eigenvalue weighted by Gasteiger charge is -2.09. The van der Waals surface area contributed by atoms with Crippen molar-refractivity contribution in [3.05, 3.63) is 0 Å². The topological polar surface area (TPSA) is 67.9 Å². The van der Waals surface area contributed by atoms with E-state index in [1.165, 1.54) is 5.01 Å². The van der Waals surface area contributed by atoms with Crippen molar-refractivity contribution in [2.24, 2.45) is 10.8 Å². The van der Waals surface area contributed by atoms with Crippen LogP contribution in [0.1, 0.15) is 13.3 Å². The van der Waals surface area contributed by atoms with Gasteiger partial charge in [0.25, 0.3) is 0 Å². The molecule has 2 N–H and O–H groups in total. The minimum Gasteiger partial charge on any atom is -0.448 e. The third-order valence-electron chi connectivity index (χ3n) is 1.31. The molecule has 0 radical (unpaired) electrons. The van der Waals surface area contributed by atoms with E-state index in [1.54, 1.807) is 6.92 Å². The van der Waals surface area contributed by atoms with Crippen LogP contribution < -0.4 is 5.73 Å². The highest BCUT2D eigenvalue weighted by Gasteiger charge is 2.19. The van der Waals surface area contributed by atoms with Crippen LogP contribution in [0.15, 0.2) is 5.10 Å². The molecule has 0 saturated heterocycles. The molecule has 0 saturated carbocycles. The summed E-state index contributed by atoms with van der Waals surface area (Å²) in [6.07, 6.45) is 0.215. The fraction of sp³-hybridized carbons (Fsp3) is 0.667. The molecule has 0 aromatic carbocycles. The number of carbonyl (C=O) groups excluding carboxylic acids is 1. The molecule has 1 rings (SSSR count). The quantitative estimate of drug-likeness (QED) is 0.587. The van der Waals surface area contributed by atoms with Crippen LogP contribution in [0.3, 0.4) is 0 Å². The Morgan fingerprint density at radius 2 is 2.64 bits per heavy atom. The fourth-order valence-electron chi connectivity index (χ4n) is 0.806. The molecule has 0 atom stereocenters. The fourth-order valence-corrected chi connectivity index (χ4v) is 0.806. The van der Waals surface area contributed by atoms with Crippen LogP contribution >= 0.6 is 0 Å². The summed E-state index contributed by atoms with van der Waals surface area (Å²) in [5.74, 6) is 0.484. The second-order valence-electron chi connectivity index (χ2n) is 2.16. The van der Waals surface area contributed by atoms with Gasteiger partial charge in [0, 0.05) is 6.42 Å². The lowest BCUT2D eigenvalue weighted by atomic mass is 10.4. The van der Waals surface area contributed by atoms with E-state index in [9.17, 15) is 4.79 Å². The van der Waals surface area contributed by atoms with Gasteiger partial charge in [0.15, 0.2) is 0 Å². The standard InChI is InChI=1S/C6H11N3O2/c1-2-11-6(10)9-4-3-5(7)8-9/h2-4H2,1H3,(H2,7,8). The number of rotatable bonds is 1. The van der Waals surface area contributed by atoms with Crippen molar-refractivity contribution in [2.75, 3.05) is 13.2 Å². The Morgan fingerprint density at radius 3 is 3.09 bits per heavy atom. The van der Waals surface area contributed by atoms with E-state index in [1.807, 2.05) is 0 Å². The van der Waals surface area contributed by atoms with Gasteiger partial charge >= 0.3 is 6.09 Å². The van der Waals surface area contributed by atoms with E-state index in [4.69, 9.17) is 10.5 Å². The van der Waals surface area contributed by atoms with Gasteiger partial charge < -0.3 is 10.5 Å². The number of hydrogen-bond acceptors (Lipinski definition) is 4. The van der Waals surface area contributed by atoms with Crippen molar-refractivity contribution in [1.82, 2.24) is 5.01 Å². The van der Waals surface area contributed by atoms with Crippen molar-refractivity contribution in [1.29, 1.82) is 0 Å². The first-order chi connectivity index (χ1) is 5.24. The highest BCUT2D eigenvalue weighted by atomic mass is 16.6.